The summed E-state index contributed by atoms with van der Waals surface area (Å²) in [5.74, 6) is -4.32. The normalized spacial score (nSPS) is 60.1. The predicted molar refractivity (Wildman–Crippen MR) is 92.0 cm³/mol. The van der Waals surface area contributed by atoms with Crippen LogP contribution in [0.3, 0.4) is 0 Å². The van der Waals surface area contributed by atoms with Crippen molar-refractivity contribution in [2.75, 3.05) is 0 Å². The Hall–Kier alpha value is -1.75. The smallest absolute Gasteiger partial charge is 0.343 e. The molecule has 10 nitrogen and oxygen atoms in total. The van der Waals surface area contributed by atoms with E-state index in [1.54, 1.807) is 0 Å². The molecule has 4 aliphatic heterocycles. The van der Waals surface area contributed by atoms with Gasteiger partial charge in [-0.25, -0.2) is 9.59 Å². The SMILES string of the molecule is C[C@@H]1C(=O)O[C@H]2[C@H](O)[C@@]34[C@H]5CC(C(C)(C)C)[C@]36[C@H](OC(=O)[C@H]6O)O[C@]4(C(=O)O5)[C@@]12O. The molecule has 0 aromatic carbocycles. The van der Waals surface area contributed by atoms with Gasteiger partial charge in [-0.3, -0.25) is 4.79 Å². The van der Waals surface area contributed by atoms with E-state index in [0.717, 1.165) is 0 Å². The molecule has 2 saturated carbocycles. The Kier molecular flexibility index (Phi) is 2.97. The first-order valence-electron chi connectivity index (χ1n) is 10.2. The fourth-order valence-corrected chi connectivity index (χ4v) is 8.12. The molecular weight excluding hydrogens is 400 g/mol. The third-order valence-corrected chi connectivity index (χ3v) is 9.00. The standard InChI is InChI=1S/C20H24O10/c1-6-12(23)28-11-9(21)18-8-5-7(16(2,3)4)17(18)10(22)13(24)29-15(17)30-20(18,14(25)27-8)19(6,11)26/h6-11,15,21-22,26H,5H2,1-4H3/t6-,7?,8-,9+,10-,11+,15-,17+,18+,19-,20+/m1/s1. The molecule has 0 bridgehead atoms. The molecule has 0 amide bonds. The highest BCUT2D eigenvalue weighted by Crippen LogP contribution is 2.84. The van der Waals surface area contributed by atoms with Crippen LogP contribution in [0.25, 0.3) is 0 Å². The average Bonchev–Trinajstić information content (AvgIpc) is 3.35. The summed E-state index contributed by atoms with van der Waals surface area (Å²) < 4.78 is 22.5. The molecule has 10 heteroatoms. The summed E-state index contributed by atoms with van der Waals surface area (Å²) in [6.07, 6.45) is -6.91. The molecule has 6 fully saturated rings. The molecular formula is C20H24O10. The van der Waals surface area contributed by atoms with Gasteiger partial charge in [-0.05, 0) is 24.7 Å². The topological polar surface area (TPSA) is 149 Å². The van der Waals surface area contributed by atoms with Crippen molar-refractivity contribution in [1.29, 1.82) is 0 Å². The van der Waals surface area contributed by atoms with Crippen molar-refractivity contribution in [1.82, 2.24) is 0 Å². The maximum Gasteiger partial charge on any atom is 0.343 e. The van der Waals surface area contributed by atoms with Crippen molar-refractivity contribution in [3.05, 3.63) is 0 Å². The zero-order valence-electron chi connectivity index (χ0n) is 16.9. The van der Waals surface area contributed by atoms with E-state index in [2.05, 4.69) is 0 Å². The Morgan fingerprint density at radius 1 is 1.03 bits per heavy atom. The summed E-state index contributed by atoms with van der Waals surface area (Å²) in [6, 6.07) is 0. The van der Waals surface area contributed by atoms with Crippen molar-refractivity contribution in [2.45, 2.75) is 76.0 Å². The number of carbonyl (C=O) groups is 3. The maximum absolute atomic E-state index is 13.4. The zero-order chi connectivity index (χ0) is 21.8. The van der Waals surface area contributed by atoms with Gasteiger partial charge in [0.15, 0.2) is 17.8 Å². The molecule has 164 valence electrons. The monoisotopic (exact) mass is 424 g/mol. The number of hydrogen-bond donors (Lipinski definition) is 3. The maximum atomic E-state index is 13.4. The first kappa shape index (κ1) is 19.0. The first-order chi connectivity index (χ1) is 13.8. The average molecular weight is 424 g/mol. The molecule has 11 atom stereocenters. The van der Waals surface area contributed by atoms with E-state index in [4.69, 9.17) is 18.9 Å². The minimum Gasteiger partial charge on any atom is -0.459 e. The Morgan fingerprint density at radius 2 is 1.70 bits per heavy atom. The van der Waals surface area contributed by atoms with Crippen LogP contribution < -0.4 is 0 Å². The molecule has 4 heterocycles. The number of rotatable bonds is 0. The lowest BCUT2D eigenvalue weighted by molar-refractivity contribution is -0.239. The summed E-state index contributed by atoms with van der Waals surface area (Å²) in [7, 11) is 0. The van der Waals surface area contributed by atoms with Gasteiger partial charge < -0.3 is 34.3 Å². The van der Waals surface area contributed by atoms with Gasteiger partial charge in [0.1, 0.15) is 12.2 Å². The van der Waals surface area contributed by atoms with E-state index < -0.39 is 87.9 Å². The zero-order valence-corrected chi connectivity index (χ0v) is 16.9. The van der Waals surface area contributed by atoms with Crippen molar-refractivity contribution in [3.8, 4) is 0 Å². The fourth-order valence-electron chi connectivity index (χ4n) is 8.12. The second-order valence-corrected chi connectivity index (χ2v) is 10.7. The summed E-state index contributed by atoms with van der Waals surface area (Å²) in [5.41, 5.74) is -8.26. The summed E-state index contributed by atoms with van der Waals surface area (Å²) in [4.78, 5) is 38.2. The highest BCUT2D eigenvalue weighted by molar-refractivity contribution is 5.94. The third-order valence-electron chi connectivity index (χ3n) is 9.00. The lowest BCUT2D eigenvalue weighted by atomic mass is 9.51. The summed E-state index contributed by atoms with van der Waals surface area (Å²) in [6.45, 7) is 7.14. The fraction of sp³-hybridized carbons (Fsp3) is 0.850. The van der Waals surface area contributed by atoms with Crippen molar-refractivity contribution < 1.29 is 48.7 Å². The molecule has 2 aliphatic carbocycles. The van der Waals surface area contributed by atoms with Crippen LogP contribution in [0, 0.1) is 28.1 Å². The lowest BCUT2D eigenvalue weighted by Gasteiger charge is -2.47. The quantitative estimate of drug-likeness (QED) is 0.314. The molecule has 6 rings (SSSR count). The van der Waals surface area contributed by atoms with Crippen LogP contribution in [0.5, 0.6) is 0 Å². The van der Waals surface area contributed by atoms with Gasteiger partial charge in [0, 0.05) is 0 Å². The molecule has 0 aromatic rings. The van der Waals surface area contributed by atoms with Crippen LogP contribution in [0.15, 0.2) is 0 Å². The van der Waals surface area contributed by atoms with Crippen molar-refractivity contribution >= 4 is 17.9 Å². The minimum atomic E-state index is -2.24. The van der Waals surface area contributed by atoms with E-state index in [1.165, 1.54) is 6.92 Å². The van der Waals surface area contributed by atoms with Gasteiger partial charge in [0.05, 0.1) is 16.7 Å². The molecule has 3 N–H and O–H groups in total. The minimum absolute atomic E-state index is 0.229. The largest absolute Gasteiger partial charge is 0.459 e. The number of esters is 3. The van der Waals surface area contributed by atoms with E-state index in [9.17, 15) is 29.7 Å². The van der Waals surface area contributed by atoms with Crippen molar-refractivity contribution in [2.24, 2.45) is 28.1 Å². The van der Waals surface area contributed by atoms with Gasteiger partial charge >= 0.3 is 17.9 Å². The number of carbonyl (C=O) groups excluding carboxylic acids is 3. The van der Waals surface area contributed by atoms with Crippen LogP contribution in [0.4, 0.5) is 0 Å². The number of hydrogen-bond acceptors (Lipinski definition) is 10. The van der Waals surface area contributed by atoms with Gasteiger partial charge in [-0.2, -0.15) is 0 Å². The van der Waals surface area contributed by atoms with Crippen LogP contribution in [0.1, 0.15) is 34.1 Å². The lowest BCUT2D eigenvalue weighted by Crippen LogP contribution is -2.67. The number of aliphatic hydroxyl groups is 3. The molecule has 1 unspecified atom stereocenters. The molecule has 0 aromatic heterocycles. The first-order valence-corrected chi connectivity index (χ1v) is 10.2. The van der Waals surface area contributed by atoms with Crippen LogP contribution in [0.2, 0.25) is 0 Å². The van der Waals surface area contributed by atoms with E-state index >= 15 is 0 Å². The second-order valence-electron chi connectivity index (χ2n) is 10.7. The number of ether oxygens (including phenoxy) is 4. The van der Waals surface area contributed by atoms with E-state index in [0.29, 0.717) is 0 Å². The molecule has 0 radical (unpaired) electrons. The van der Waals surface area contributed by atoms with E-state index in [1.807, 2.05) is 20.8 Å². The highest BCUT2D eigenvalue weighted by atomic mass is 16.8. The van der Waals surface area contributed by atoms with Crippen molar-refractivity contribution in [3.63, 3.8) is 0 Å². The van der Waals surface area contributed by atoms with E-state index in [-0.39, 0.29) is 6.42 Å². The molecule has 6 aliphatic rings. The Morgan fingerprint density at radius 3 is 2.33 bits per heavy atom. The number of fused-ring (bicyclic) bond motifs is 1. The molecule has 4 saturated heterocycles. The van der Waals surface area contributed by atoms with Crippen LogP contribution in [-0.4, -0.2) is 75.1 Å². The molecule has 2 spiro atoms. The van der Waals surface area contributed by atoms with Crippen LogP contribution in [-0.2, 0) is 33.3 Å². The van der Waals surface area contributed by atoms with Gasteiger partial charge in [-0.1, -0.05) is 20.8 Å². The van der Waals surface area contributed by atoms with Gasteiger partial charge in [0.2, 0.25) is 11.9 Å². The summed E-state index contributed by atoms with van der Waals surface area (Å²) >= 11 is 0. The number of aliphatic hydroxyl groups excluding tert-OH is 2. The third kappa shape index (κ3) is 1.33. The van der Waals surface area contributed by atoms with Gasteiger partial charge in [0.25, 0.3) is 0 Å². The Balaban J connectivity index is 1.72. The molecule has 30 heavy (non-hydrogen) atoms. The van der Waals surface area contributed by atoms with Gasteiger partial charge in [-0.15, -0.1) is 0 Å². The highest BCUT2D eigenvalue weighted by Gasteiger charge is 3.03. The summed E-state index contributed by atoms with van der Waals surface area (Å²) in [5, 5.41) is 34.7. The Labute approximate surface area is 171 Å². The van der Waals surface area contributed by atoms with Crippen LogP contribution >= 0.6 is 0 Å². The second kappa shape index (κ2) is 4.69. The Bertz CT molecular complexity index is 925. The predicted octanol–water partition coefficient (Wildman–Crippen LogP) is -1.37.